The number of ether oxygens (including phenoxy) is 2. The SMILES string of the molecule is CCC1CCCCN1C(=O)c1ccc(C(=O)N2CCC3(CC2)OCCO3)cc1. The van der Waals surface area contributed by atoms with Crippen LogP contribution < -0.4 is 0 Å². The molecule has 0 N–H and O–H groups in total. The molecule has 152 valence electrons. The van der Waals surface area contributed by atoms with E-state index in [1.165, 1.54) is 6.42 Å². The zero-order valence-electron chi connectivity index (χ0n) is 16.7. The summed E-state index contributed by atoms with van der Waals surface area (Å²) in [6.07, 6.45) is 5.77. The van der Waals surface area contributed by atoms with Gasteiger partial charge in [0.1, 0.15) is 0 Å². The van der Waals surface area contributed by atoms with E-state index in [1.807, 2.05) is 9.80 Å². The molecule has 3 fully saturated rings. The van der Waals surface area contributed by atoms with Crippen LogP contribution in [0.4, 0.5) is 0 Å². The standard InChI is InChI=1S/C22H30N2O4/c1-2-19-5-3-4-12-24(19)21(26)18-8-6-17(7-9-18)20(25)23-13-10-22(11-14-23)27-15-16-28-22/h6-9,19H,2-5,10-16H2,1H3. The molecule has 0 aliphatic carbocycles. The first-order chi connectivity index (χ1) is 13.6. The van der Waals surface area contributed by atoms with Gasteiger partial charge in [0.05, 0.1) is 13.2 Å². The van der Waals surface area contributed by atoms with Crippen molar-refractivity contribution in [2.45, 2.75) is 57.3 Å². The Morgan fingerprint density at radius 1 is 0.964 bits per heavy atom. The largest absolute Gasteiger partial charge is 0.347 e. The Bertz CT molecular complexity index is 702. The molecule has 0 aromatic heterocycles. The van der Waals surface area contributed by atoms with Gasteiger partial charge in [-0.15, -0.1) is 0 Å². The van der Waals surface area contributed by atoms with Crippen LogP contribution in [0, 0.1) is 0 Å². The fourth-order valence-electron chi connectivity index (χ4n) is 4.63. The predicted octanol–water partition coefficient (Wildman–Crippen LogP) is 3.07. The molecular weight excluding hydrogens is 356 g/mol. The number of likely N-dealkylation sites (tertiary alicyclic amines) is 2. The third-order valence-corrected chi connectivity index (χ3v) is 6.36. The van der Waals surface area contributed by atoms with Crippen LogP contribution in [0.1, 0.15) is 66.2 Å². The van der Waals surface area contributed by atoms with Crippen LogP contribution in [0.2, 0.25) is 0 Å². The molecule has 1 unspecified atom stereocenters. The lowest BCUT2D eigenvalue weighted by Crippen LogP contribution is -2.47. The second-order valence-electron chi connectivity index (χ2n) is 8.03. The fraction of sp³-hybridized carbons (Fsp3) is 0.636. The van der Waals surface area contributed by atoms with Gasteiger partial charge in [0.2, 0.25) is 0 Å². The van der Waals surface area contributed by atoms with E-state index in [1.54, 1.807) is 24.3 Å². The summed E-state index contributed by atoms with van der Waals surface area (Å²) in [5, 5.41) is 0. The Labute approximate surface area is 166 Å². The monoisotopic (exact) mass is 386 g/mol. The Morgan fingerprint density at radius 2 is 1.57 bits per heavy atom. The summed E-state index contributed by atoms with van der Waals surface area (Å²) in [6, 6.07) is 7.50. The highest BCUT2D eigenvalue weighted by molar-refractivity contribution is 5.98. The molecule has 3 saturated heterocycles. The molecule has 6 nitrogen and oxygen atoms in total. The number of amides is 2. The number of piperidine rings is 2. The van der Waals surface area contributed by atoms with Crippen molar-refractivity contribution in [3.63, 3.8) is 0 Å². The Kier molecular flexibility index (Phi) is 5.69. The lowest BCUT2D eigenvalue weighted by Gasteiger charge is -2.37. The molecule has 0 saturated carbocycles. The Hall–Kier alpha value is -1.92. The minimum Gasteiger partial charge on any atom is -0.347 e. The lowest BCUT2D eigenvalue weighted by atomic mass is 9.98. The molecule has 3 aliphatic rings. The van der Waals surface area contributed by atoms with Crippen molar-refractivity contribution in [1.29, 1.82) is 0 Å². The molecule has 0 radical (unpaired) electrons. The first-order valence-corrected chi connectivity index (χ1v) is 10.6. The van der Waals surface area contributed by atoms with Crippen molar-refractivity contribution in [1.82, 2.24) is 9.80 Å². The smallest absolute Gasteiger partial charge is 0.254 e. The number of carbonyl (C=O) groups is 2. The summed E-state index contributed by atoms with van der Waals surface area (Å²) in [5.74, 6) is -0.380. The zero-order valence-corrected chi connectivity index (χ0v) is 16.7. The predicted molar refractivity (Wildman–Crippen MR) is 105 cm³/mol. The number of hydrogen-bond acceptors (Lipinski definition) is 4. The number of benzene rings is 1. The molecule has 4 rings (SSSR count). The zero-order chi connectivity index (χ0) is 19.6. The van der Waals surface area contributed by atoms with Crippen molar-refractivity contribution >= 4 is 11.8 Å². The van der Waals surface area contributed by atoms with Crippen LogP contribution in [-0.2, 0) is 9.47 Å². The van der Waals surface area contributed by atoms with E-state index in [0.29, 0.717) is 56.3 Å². The van der Waals surface area contributed by atoms with Crippen molar-refractivity contribution in [3.8, 4) is 0 Å². The van der Waals surface area contributed by atoms with Gasteiger partial charge < -0.3 is 19.3 Å². The summed E-state index contributed by atoms with van der Waals surface area (Å²) < 4.78 is 11.5. The van der Waals surface area contributed by atoms with E-state index in [2.05, 4.69) is 6.92 Å². The Morgan fingerprint density at radius 3 is 2.18 bits per heavy atom. The molecule has 1 atom stereocenters. The van der Waals surface area contributed by atoms with Gasteiger partial charge in [-0.3, -0.25) is 9.59 Å². The molecule has 3 aliphatic heterocycles. The van der Waals surface area contributed by atoms with E-state index in [4.69, 9.17) is 9.47 Å². The van der Waals surface area contributed by atoms with Gasteiger partial charge in [-0.25, -0.2) is 0 Å². The minimum atomic E-state index is -0.475. The van der Waals surface area contributed by atoms with E-state index < -0.39 is 5.79 Å². The van der Waals surface area contributed by atoms with Gasteiger partial charge in [0.15, 0.2) is 5.79 Å². The molecule has 1 aromatic rings. The van der Waals surface area contributed by atoms with Crippen LogP contribution in [0.5, 0.6) is 0 Å². The second kappa shape index (κ2) is 8.21. The molecule has 1 aromatic carbocycles. The van der Waals surface area contributed by atoms with E-state index >= 15 is 0 Å². The van der Waals surface area contributed by atoms with Crippen molar-refractivity contribution in [2.75, 3.05) is 32.8 Å². The van der Waals surface area contributed by atoms with E-state index in [0.717, 1.165) is 25.8 Å². The molecule has 1 spiro atoms. The molecule has 3 heterocycles. The van der Waals surface area contributed by atoms with Crippen LogP contribution in [-0.4, -0.2) is 66.3 Å². The van der Waals surface area contributed by atoms with Crippen LogP contribution in [0.15, 0.2) is 24.3 Å². The summed E-state index contributed by atoms with van der Waals surface area (Å²) in [4.78, 5) is 29.6. The summed E-state index contributed by atoms with van der Waals surface area (Å²) >= 11 is 0. The van der Waals surface area contributed by atoms with Crippen LogP contribution in [0.25, 0.3) is 0 Å². The Balaban J connectivity index is 1.39. The van der Waals surface area contributed by atoms with E-state index in [-0.39, 0.29) is 11.8 Å². The highest BCUT2D eigenvalue weighted by Gasteiger charge is 2.40. The quantitative estimate of drug-likeness (QED) is 0.801. The van der Waals surface area contributed by atoms with Crippen LogP contribution >= 0.6 is 0 Å². The third kappa shape index (κ3) is 3.80. The maximum absolute atomic E-state index is 12.9. The first-order valence-electron chi connectivity index (χ1n) is 10.6. The van der Waals surface area contributed by atoms with E-state index in [9.17, 15) is 9.59 Å². The number of hydrogen-bond donors (Lipinski definition) is 0. The minimum absolute atomic E-state index is 0.0104. The molecule has 28 heavy (non-hydrogen) atoms. The molecule has 6 heteroatoms. The summed E-state index contributed by atoms with van der Waals surface area (Å²) in [6.45, 7) is 5.51. The van der Waals surface area contributed by atoms with Gasteiger partial charge in [0.25, 0.3) is 11.8 Å². The average molecular weight is 386 g/mol. The highest BCUT2D eigenvalue weighted by atomic mass is 16.7. The normalized spacial score (nSPS) is 24.5. The lowest BCUT2D eigenvalue weighted by molar-refractivity contribution is -0.181. The number of rotatable bonds is 3. The summed E-state index contributed by atoms with van der Waals surface area (Å²) in [7, 11) is 0. The van der Waals surface area contributed by atoms with Crippen LogP contribution in [0.3, 0.4) is 0 Å². The van der Waals surface area contributed by atoms with Crippen molar-refractivity contribution in [3.05, 3.63) is 35.4 Å². The maximum atomic E-state index is 12.9. The molecular formula is C22H30N2O4. The van der Waals surface area contributed by atoms with Gasteiger partial charge in [-0.05, 0) is 49.9 Å². The van der Waals surface area contributed by atoms with Gasteiger partial charge in [-0.2, -0.15) is 0 Å². The highest BCUT2D eigenvalue weighted by Crippen LogP contribution is 2.31. The average Bonchev–Trinajstić information content (AvgIpc) is 3.21. The maximum Gasteiger partial charge on any atom is 0.254 e. The molecule has 2 amide bonds. The van der Waals surface area contributed by atoms with Crippen molar-refractivity contribution < 1.29 is 19.1 Å². The fourth-order valence-corrected chi connectivity index (χ4v) is 4.63. The first kappa shape index (κ1) is 19.4. The number of carbonyl (C=O) groups excluding carboxylic acids is 2. The topological polar surface area (TPSA) is 59.1 Å². The second-order valence-corrected chi connectivity index (χ2v) is 8.03. The number of nitrogens with zero attached hydrogens (tertiary/aromatic N) is 2. The van der Waals surface area contributed by atoms with Gasteiger partial charge in [0, 0.05) is 49.6 Å². The van der Waals surface area contributed by atoms with Gasteiger partial charge in [-0.1, -0.05) is 6.92 Å². The van der Waals surface area contributed by atoms with Gasteiger partial charge >= 0.3 is 0 Å². The third-order valence-electron chi connectivity index (χ3n) is 6.36. The summed E-state index contributed by atoms with van der Waals surface area (Å²) in [5.41, 5.74) is 1.30. The molecule has 0 bridgehead atoms. The van der Waals surface area contributed by atoms with Crippen molar-refractivity contribution in [2.24, 2.45) is 0 Å².